The van der Waals surface area contributed by atoms with E-state index in [4.69, 9.17) is 22.9 Å². The normalized spacial score (nSPS) is 13.8. The maximum atomic E-state index is 5.95. The average molecular weight is 256 g/mol. The van der Waals surface area contributed by atoms with Gasteiger partial charge in [-0.25, -0.2) is 0 Å². The Hall–Kier alpha value is -1.48. The number of nitrogens with zero attached hydrogens (tertiary/aromatic N) is 1. The van der Waals surface area contributed by atoms with Crippen LogP contribution in [0, 0.1) is 0 Å². The smallest absolute Gasteiger partial charge is 0.105 e. The van der Waals surface area contributed by atoms with Crippen molar-refractivity contribution in [3.05, 3.63) is 40.6 Å². The molecule has 0 radical (unpaired) electrons. The fraction of sp³-hybridized carbons (Fsp3) is 0.333. The quantitative estimate of drug-likeness (QED) is 0.840. The van der Waals surface area contributed by atoms with Crippen molar-refractivity contribution < 1.29 is 0 Å². The Balaban J connectivity index is 2.39. The molecule has 0 saturated heterocycles. The van der Waals surface area contributed by atoms with Gasteiger partial charge in [-0.1, -0.05) is 25.2 Å². The van der Waals surface area contributed by atoms with Crippen LogP contribution >= 0.6 is 12.2 Å². The molecule has 0 atom stereocenters. The number of hydrogen-bond donors (Lipinski definition) is 1. The number of hydrogen-bond acceptors (Lipinski definition) is 2. The minimum absolute atomic E-state index is 0.508. The maximum Gasteiger partial charge on any atom is 0.105 e. The minimum Gasteiger partial charge on any atom is -0.389 e. The molecule has 0 unspecified atom stereocenters. The summed E-state index contributed by atoms with van der Waals surface area (Å²) in [4.78, 5) is 5.27. The van der Waals surface area contributed by atoms with E-state index in [-0.39, 0.29) is 0 Å². The van der Waals surface area contributed by atoms with Gasteiger partial charge in [0.05, 0.1) is 5.52 Å². The van der Waals surface area contributed by atoms with Gasteiger partial charge in [-0.3, -0.25) is 4.98 Å². The number of pyridine rings is 1. The molecule has 2 aromatic rings. The van der Waals surface area contributed by atoms with Crippen LogP contribution in [0.15, 0.2) is 18.2 Å². The predicted octanol–water partition coefficient (Wildman–Crippen LogP) is 2.92. The molecule has 0 bridgehead atoms. The summed E-state index contributed by atoms with van der Waals surface area (Å²) < 4.78 is 0. The van der Waals surface area contributed by atoms with Crippen LogP contribution in [0.25, 0.3) is 10.9 Å². The third-order valence-electron chi connectivity index (χ3n) is 3.73. The zero-order valence-electron chi connectivity index (χ0n) is 10.5. The number of aromatic nitrogens is 1. The van der Waals surface area contributed by atoms with E-state index in [1.54, 1.807) is 0 Å². The molecule has 0 aliphatic heterocycles. The van der Waals surface area contributed by atoms with Crippen molar-refractivity contribution in [1.82, 2.24) is 4.98 Å². The summed E-state index contributed by atoms with van der Waals surface area (Å²) in [6.07, 6.45) is 4.29. The van der Waals surface area contributed by atoms with Crippen LogP contribution in [-0.4, -0.2) is 9.97 Å². The Morgan fingerprint density at radius 1 is 1.39 bits per heavy atom. The molecule has 2 nitrogen and oxygen atoms in total. The predicted molar refractivity (Wildman–Crippen MR) is 79.0 cm³/mol. The minimum atomic E-state index is 0.508. The van der Waals surface area contributed by atoms with Crippen LogP contribution in [0.4, 0.5) is 0 Å². The van der Waals surface area contributed by atoms with Crippen LogP contribution in [0.1, 0.15) is 35.7 Å². The summed E-state index contributed by atoms with van der Waals surface area (Å²) >= 11 is 5.26. The lowest BCUT2D eigenvalue weighted by atomic mass is 9.99. The molecule has 0 fully saturated rings. The molecule has 3 heteroatoms. The van der Waals surface area contributed by atoms with Crippen molar-refractivity contribution in [1.29, 1.82) is 0 Å². The second kappa shape index (κ2) is 4.32. The lowest BCUT2D eigenvalue weighted by molar-refractivity contribution is 0.901. The van der Waals surface area contributed by atoms with Gasteiger partial charge in [-0.15, -0.1) is 0 Å². The Morgan fingerprint density at radius 2 is 2.22 bits per heavy atom. The number of fused-ring (bicyclic) bond motifs is 2. The second-order valence-electron chi connectivity index (χ2n) is 4.83. The molecule has 1 aliphatic carbocycles. The van der Waals surface area contributed by atoms with Gasteiger partial charge in [0.15, 0.2) is 0 Å². The summed E-state index contributed by atoms with van der Waals surface area (Å²) in [5, 5.41) is 1.13. The molecular formula is C15H16N2S. The van der Waals surface area contributed by atoms with Gasteiger partial charge >= 0.3 is 0 Å². The molecule has 1 heterocycles. The van der Waals surface area contributed by atoms with Crippen molar-refractivity contribution in [2.45, 2.75) is 32.6 Å². The van der Waals surface area contributed by atoms with Gasteiger partial charge in [-0.05, 0) is 48.9 Å². The van der Waals surface area contributed by atoms with Crippen LogP contribution in [-0.2, 0) is 19.3 Å². The summed E-state index contributed by atoms with van der Waals surface area (Å²) in [7, 11) is 0. The lowest BCUT2D eigenvalue weighted by Crippen LogP contribution is -2.14. The van der Waals surface area contributed by atoms with E-state index >= 15 is 0 Å². The van der Waals surface area contributed by atoms with E-state index < -0.39 is 0 Å². The molecule has 1 aliphatic rings. The van der Waals surface area contributed by atoms with E-state index in [0.29, 0.717) is 4.99 Å². The number of nitrogens with two attached hydrogens (primary N) is 1. The Labute approximate surface area is 112 Å². The molecule has 3 rings (SSSR count). The molecule has 92 valence electrons. The van der Waals surface area contributed by atoms with E-state index in [9.17, 15) is 0 Å². The zero-order chi connectivity index (χ0) is 12.7. The fourth-order valence-electron chi connectivity index (χ4n) is 2.81. The van der Waals surface area contributed by atoms with Crippen LogP contribution in [0.5, 0.6) is 0 Å². The SMILES string of the molecule is CCc1ccc2nc3c(c(C(N)=S)c2c1)CCC3. The molecular weight excluding hydrogens is 240 g/mol. The summed E-state index contributed by atoms with van der Waals surface area (Å²) in [6, 6.07) is 6.42. The van der Waals surface area contributed by atoms with E-state index in [2.05, 4.69) is 25.1 Å². The number of benzene rings is 1. The van der Waals surface area contributed by atoms with Gasteiger partial charge in [-0.2, -0.15) is 0 Å². The molecule has 2 N–H and O–H groups in total. The van der Waals surface area contributed by atoms with Crippen molar-refractivity contribution in [2.24, 2.45) is 5.73 Å². The average Bonchev–Trinajstić information content (AvgIpc) is 2.82. The van der Waals surface area contributed by atoms with Crippen molar-refractivity contribution in [3.8, 4) is 0 Å². The molecule has 1 aromatic carbocycles. The Bertz CT molecular complexity index is 646. The van der Waals surface area contributed by atoms with Gasteiger partial charge in [0.1, 0.15) is 4.99 Å². The Kier molecular flexibility index (Phi) is 2.78. The highest BCUT2D eigenvalue weighted by Crippen LogP contribution is 2.30. The molecule has 0 saturated carbocycles. The highest BCUT2D eigenvalue weighted by molar-refractivity contribution is 7.80. The summed E-state index contributed by atoms with van der Waals surface area (Å²) in [5.74, 6) is 0. The summed E-state index contributed by atoms with van der Waals surface area (Å²) in [6.45, 7) is 2.16. The topological polar surface area (TPSA) is 38.9 Å². The van der Waals surface area contributed by atoms with Crippen molar-refractivity contribution in [2.75, 3.05) is 0 Å². The monoisotopic (exact) mass is 256 g/mol. The van der Waals surface area contributed by atoms with Crippen molar-refractivity contribution >= 4 is 28.1 Å². The number of thiocarbonyl (C=S) groups is 1. The van der Waals surface area contributed by atoms with Crippen LogP contribution < -0.4 is 5.73 Å². The van der Waals surface area contributed by atoms with Gasteiger partial charge in [0.2, 0.25) is 0 Å². The van der Waals surface area contributed by atoms with E-state index in [1.165, 1.54) is 16.8 Å². The third-order valence-corrected chi connectivity index (χ3v) is 3.93. The van der Waals surface area contributed by atoms with Crippen LogP contribution in [0.2, 0.25) is 0 Å². The highest BCUT2D eigenvalue weighted by atomic mass is 32.1. The molecule has 18 heavy (non-hydrogen) atoms. The highest BCUT2D eigenvalue weighted by Gasteiger charge is 2.20. The van der Waals surface area contributed by atoms with Gasteiger partial charge in [0.25, 0.3) is 0 Å². The maximum absolute atomic E-state index is 5.95. The molecule has 0 amide bonds. The fourth-order valence-corrected chi connectivity index (χ4v) is 3.04. The van der Waals surface area contributed by atoms with Gasteiger partial charge < -0.3 is 5.73 Å². The van der Waals surface area contributed by atoms with Crippen LogP contribution in [0.3, 0.4) is 0 Å². The first kappa shape index (κ1) is 11.6. The molecule has 1 aromatic heterocycles. The first-order chi connectivity index (χ1) is 8.70. The first-order valence-electron chi connectivity index (χ1n) is 6.45. The number of aryl methyl sites for hydroxylation is 2. The number of rotatable bonds is 2. The molecule has 0 spiro atoms. The van der Waals surface area contributed by atoms with Crippen molar-refractivity contribution in [3.63, 3.8) is 0 Å². The lowest BCUT2D eigenvalue weighted by Gasteiger charge is -2.12. The zero-order valence-corrected chi connectivity index (χ0v) is 11.3. The third kappa shape index (κ3) is 1.70. The summed E-state index contributed by atoms with van der Waals surface area (Å²) in [5.41, 5.74) is 11.8. The van der Waals surface area contributed by atoms with Gasteiger partial charge in [0, 0.05) is 16.6 Å². The second-order valence-corrected chi connectivity index (χ2v) is 5.27. The standard InChI is InChI=1S/C15H16N2S/c1-2-9-6-7-13-11(8-9)14(15(16)18)10-4-3-5-12(10)17-13/h6-8H,2-5H2,1H3,(H2,16,18). The largest absolute Gasteiger partial charge is 0.389 e. The van der Waals surface area contributed by atoms with E-state index in [0.717, 1.165) is 42.1 Å². The first-order valence-corrected chi connectivity index (χ1v) is 6.85. The van der Waals surface area contributed by atoms with E-state index in [1.807, 2.05) is 0 Å². The Morgan fingerprint density at radius 3 is 2.94 bits per heavy atom.